The van der Waals surface area contributed by atoms with E-state index >= 15 is 0 Å². The number of nitrogens with one attached hydrogen (secondary N) is 3. The van der Waals surface area contributed by atoms with Gasteiger partial charge >= 0.3 is 0 Å². The van der Waals surface area contributed by atoms with Crippen LogP contribution in [0.2, 0.25) is 0 Å². The number of halogens is 2. The van der Waals surface area contributed by atoms with Crippen LogP contribution >= 0.6 is 0 Å². The van der Waals surface area contributed by atoms with Crippen molar-refractivity contribution in [3.63, 3.8) is 0 Å². The summed E-state index contributed by atoms with van der Waals surface area (Å²) >= 11 is 0. The number of hydrogen-bond acceptors (Lipinski definition) is 4. The van der Waals surface area contributed by atoms with Crippen LogP contribution < -0.4 is 15.4 Å². The van der Waals surface area contributed by atoms with Crippen LogP contribution in [0.25, 0.3) is 11.1 Å². The Bertz CT molecular complexity index is 1400. The number of benzene rings is 3. The average molecular weight is 562 g/mol. The number of anilines is 2. The minimum atomic E-state index is -3.09. The highest BCUT2D eigenvalue weighted by Gasteiger charge is 2.31. The third kappa shape index (κ3) is 7.57. The molecule has 0 aliphatic heterocycles. The lowest BCUT2D eigenvalue weighted by Gasteiger charge is -2.24. The minimum absolute atomic E-state index is 0.124. The van der Waals surface area contributed by atoms with E-state index in [-0.39, 0.29) is 17.0 Å². The monoisotopic (exact) mass is 561 g/mol. The van der Waals surface area contributed by atoms with Crippen molar-refractivity contribution in [3.05, 3.63) is 77.9 Å². The molecule has 0 saturated heterocycles. The second kappa shape index (κ2) is 13.1. The van der Waals surface area contributed by atoms with Crippen LogP contribution in [-0.4, -0.2) is 24.6 Å². The Kier molecular flexibility index (Phi) is 9.53. The summed E-state index contributed by atoms with van der Waals surface area (Å²) in [4.78, 5) is 26.6. The smallest absolute Gasteiger partial charge is 0.270 e. The Morgan fingerprint density at radius 1 is 0.951 bits per heavy atom. The molecule has 216 valence electrons. The van der Waals surface area contributed by atoms with Crippen molar-refractivity contribution in [1.82, 2.24) is 0 Å². The van der Waals surface area contributed by atoms with Crippen LogP contribution in [0.15, 0.2) is 66.7 Å². The molecule has 8 heteroatoms. The van der Waals surface area contributed by atoms with Gasteiger partial charge in [0.15, 0.2) is 5.92 Å². The van der Waals surface area contributed by atoms with Gasteiger partial charge in [-0.15, -0.1) is 0 Å². The highest BCUT2D eigenvalue weighted by atomic mass is 19.3. The maximum Gasteiger partial charge on any atom is 0.270 e. The fourth-order valence-electron chi connectivity index (χ4n) is 5.50. The quantitative estimate of drug-likeness (QED) is 0.174. The molecule has 1 aliphatic rings. The second-order valence-corrected chi connectivity index (χ2v) is 10.9. The van der Waals surface area contributed by atoms with Gasteiger partial charge in [0.2, 0.25) is 11.8 Å². The van der Waals surface area contributed by atoms with E-state index in [9.17, 15) is 18.4 Å². The molecule has 0 spiro atoms. The van der Waals surface area contributed by atoms with Crippen molar-refractivity contribution in [2.75, 3.05) is 17.7 Å². The molecular formula is C33H37F2N3O3. The van der Waals surface area contributed by atoms with Crippen molar-refractivity contribution in [2.45, 2.75) is 58.3 Å². The topological polar surface area (TPSA) is 91.3 Å². The molecule has 3 aromatic carbocycles. The molecular weight excluding hydrogens is 524 g/mol. The normalized spacial score (nSPS) is 14.7. The number of ether oxygens (including phenoxy) is 1. The maximum absolute atomic E-state index is 13.8. The van der Waals surface area contributed by atoms with Crippen molar-refractivity contribution in [2.24, 2.45) is 11.8 Å². The van der Waals surface area contributed by atoms with Gasteiger partial charge in [-0.2, -0.15) is 0 Å². The summed E-state index contributed by atoms with van der Waals surface area (Å²) < 4.78 is 33.5. The standard InChI is InChI=1S/C33H37F2N3O3/c1-21(36)29(31(39)37-26-16-10-15-25(19-26)33(2,34)35)32(40)38-27-18-24(17-22-11-6-4-7-12-22)30(41-3)28(20-27)23-13-8-5-9-14-23/h5,8-10,13-16,18-20,22,29,36H,4,6-7,11-12,17H2,1-3H3,(H,37,39)(H,38,40). The number of amides is 2. The molecule has 4 rings (SSSR count). The van der Waals surface area contributed by atoms with E-state index in [2.05, 4.69) is 10.6 Å². The van der Waals surface area contributed by atoms with E-state index in [0.29, 0.717) is 11.6 Å². The number of rotatable bonds is 10. The fraction of sp³-hybridized carbons (Fsp3) is 0.364. The van der Waals surface area contributed by atoms with Gasteiger partial charge in [0.05, 0.1) is 7.11 Å². The van der Waals surface area contributed by atoms with Gasteiger partial charge in [0.25, 0.3) is 5.92 Å². The van der Waals surface area contributed by atoms with Gasteiger partial charge in [0, 0.05) is 35.1 Å². The third-order valence-corrected chi connectivity index (χ3v) is 7.55. The van der Waals surface area contributed by atoms with E-state index in [4.69, 9.17) is 10.1 Å². The predicted octanol–water partition coefficient (Wildman–Crippen LogP) is 7.83. The van der Waals surface area contributed by atoms with Gasteiger partial charge < -0.3 is 20.8 Å². The minimum Gasteiger partial charge on any atom is -0.496 e. The SMILES string of the molecule is COc1c(CC2CCCCC2)cc(NC(=O)C(C(C)=N)C(=O)Nc2cccc(C(C)(F)F)c2)cc1-c1ccccc1. The fourth-order valence-corrected chi connectivity index (χ4v) is 5.50. The highest BCUT2D eigenvalue weighted by molar-refractivity contribution is 6.24. The van der Waals surface area contributed by atoms with E-state index in [0.717, 1.165) is 48.6 Å². The Morgan fingerprint density at radius 2 is 1.61 bits per heavy atom. The Balaban J connectivity index is 1.63. The van der Waals surface area contributed by atoms with Crippen molar-refractivity contribution >= 4 is 28.9 Å². The molecule has 3 aromatic rings. The molecule has 41 heavy (non-hydrogen) atoms. The summed E-state index contributed by atoms with van der Waals surface area (Å²) in [6, 6.07) is 18.7. The molecule has 0 heterocycles. The van der Waals surface area contributed by atoms with E-state index < -0.39 is 23.7 Å². The van der Waals surface area contributed by atoms with Crippen molar-refractivity contribution in [1.29, 1.82) is 5.41 Å². The third-order valence-electron chi connectivity index (χ3n) is 7.55. The van der Waals surface area contributed by atoms with Crippen LogP contribution in [0.5, 0.6) is 5.75 Å². The molecule has 0 aromatic heterocycles. The van der Waals surface area contributed by atoms with Crippen molar-refractivity contribution < 1.29 is 23.1 Å². The predicted molar refractivity (Wildman–Crippen MR) is 159 cm³/mol. The zero-order valence-electron chi connectivity index (χ0n) is 23.7. The molecule has 6 nitrogen and oxygen atoms in total. The first-order valence-corrected chi connectivity index (χ1v) is 14.0. The van der Waals surface area contributed by atoms with Gasteiger partial charge in [-0.25, -0.2) is 8.78 Å². The maximum atomic E-state index is 13.8. The molecule has 0 bridgehead atoms. The zero-order chi connectivity index (χ0) is 29.6. The first-order chi connectivity index (χ1) is 19.6. The first-order valence-electron chi connectivity index (χ1n) is 14.0. The van der Waals surface area contributed by atoms with Gasteiger partial charge in [-0.05, 0) is 54.7 Å². The van der Waals surface area contributed by atoms with Crippen molar-refractivity contribution in [3.8, 4) is 16.9 Å². The molecule has 1 fully saturated rings. The zero-order valence-corrected chi connectivity index (χ0v) is 23.7. The molecule has 2 amide bonds. The average Bonchev–Trinajstić information content (AvgIpc) is 2.93. The lowest BCUT2D eigenvalue weighted by atomic mass is 9.84. The van der Waals surface area contributed by atoms with Crippen LogP contribution in [0.4, 0.5) is 20.2 Å². The van der Waals surface area contributed by atoms with Crippen LogP contribution in [0.1, 0.15) is 57.1 Å². The number of hydrogen-bond donors (Lipinski definition) is 3. The first kappa shape index (κ1) is 29.9. The Hall–Kier alpha value is -4.07. The van der Waals surface area contributed by atoms with E-state index in [1.54, 1.807) is 7.11 Å². The summed E-state index contributed by atoms with van der Waals surface area (Å²) in [7, 11) is 1.65. The molecule has 1 saturated carbocycles. The summed E-state index contributed by atoms with van der Waals surface area (Å²) in [5.74, 6) is -4.73. The van der Waals surface area contributed by atoms with Gasteiger partial charge in [-0.3, -0.25) is 9.59 Å². The van der Waals surface area contributed by atoms with Crippen LogP contribution in [0, 0.1) is 17.2 Å². The van der Waals surface area contributed by atoms with E-state index in [1.807, 2.05) is 42.5 Å². The molecule has 3 N–H and O–H groups in total. The number of methoxy groups -OCH3 is 1. The lowest BCUT2D eigenvalue weighted by Crippen LogP contribution is -2.38. The van der Waals surface area contributed by atoms with Gasteiger partial charge in [0.1, 0.15) is 5.75 Å². The Morgan fingerprint density at radius 3 is 2.22 bits per heavy atom. The number of carbonyl (C=O) groups is 2. The van der Waals surface area contributed by atoms with Crippen LogP contribution in [-0.2, 0) is 21.9 Å². The summed E-state index contributed by atoms with van der Waals surface area (Å²) in [5.41, 5.74) is 2.90. The van der Waals surface area contributed by atoms with Crippen LogP contribution in [0.3, 0.4) is 0 Å². The van der Waals surface area contributed by atoms with Gasteiger partial charge in [-0.1, -0.05) is 74.6 Å². The molecule has 1 atom stereocenters. The lowest BCUT2D eigenvalue weighted by molar-refractivity contribution is -0.126. The molecule has 1 aliphatic carbocycles. The summed E-state index contributed by atoms with van der Waals surface area (Å²) in [5, 5.41) is 13.6. The summed E-state index contributed by atoms with van der Waals surface area (Å²) in [6.07, 6.45) is 6.73. The summed E-state index contributed by atoms with van der Waals surface area (Å²) in [6.45, 7) is 2.14. The molecule has 0 radical (unpaired) electrons. The second-order valence-electron chi connectivity index (χ2n) is 10.9. The number of carbonyl (C=O) groups excluding carboxylic acids is 2. The Labute approximate surface area is 240 Å². The van der Waals surface area contributed by atoms with E-state index in [1.165, 1.54) is 50.5 Å². The molecule has 1 unspecified atom stereocenters. The largest absolute Gasteiger partial charge is 0.496 e. The number of alkyl halides is 2. The highest BCUT2D eigenvalue weighted by Crippen LogP contribution is 2.39.